The molecule has 0 aromatic carbocycles. The topological polar surface area (TPSA) is 46.6 Å². The summed E-state index contributed by atoms with van der Waals surface area (Å²) in [5.74, 6) is -1.29. The molecule has 0 amide bonds. The van der Waals surface area contributed by atoms with Gasteiger partial charge in [0, 0.05) is 20.0 Å². The van der Waals surface area contributed by atoms with Crippen LogP contribution in [0.25, 0.3) is 0 Å². The second-order valence-electron chi connectivity index (χ2n) is 2.92. The highest BCUT2D eigenvalue weighted by atomic mass is 16.7. The van der Waals surface area contributed by atoms with Crippen molar-refractivity contribution in [1.29, 1.82) is 0 Å². The third-order valence-corrected chi connectivity index (χ3v) is 1.81. The number of ketones is 1. The highest BCUT2D eigenvalue weighted by molar-refractivity contribution is 6.32. The van der Waals surface area contributed by atoms with Gasteiger partial charge in [0.15, 0.2) is 0 Å². The van der Waals surface area contributed by atoms with Gasteiger partial charge in [-0.3, -0.25) is 4.79 Å². The molecule has 0 N–H and O–H groups in total. The molecule has 0 saturated carbocycles. The van der Waals surface area contributed by atoms with Crippen LogP contribution >= 0.6 is 0 Å². The Bertz CT molecular complexity index is 185. The summed E-state index contributed by atoms with van der Waals surface area (Å²) in [6.07, 6.45) is 3.24. The number of hydroxylamine groups is 2. The van der Waals surface area contributed by atoms with E-state index in [1.165, 1.54) is 13.3 Å². The molecule has 1 aliphatic rings. The lowest BCUT2D eigenvalue weighted by atomic mass is 10.2. The number of rotatable bonds is 2. The van der Waals surface area contributed by atoms with E-state index in [2.05, 4.69) is 0 Å². The van der Waals surface area contributed by atoms with Crippen molar-refractivity contribution in [1.82, 2.24) is 5.06 Å². The lowest BCUT2D eigenvalue weighted by Gasteiger charge is -2.23. The van der Waals surface area contributed by atoms with Gasteiger partial charge >= 0.3 is 5.97 Å². The molecule has 0 aromatic rings. The van der Waals surface area contributed by atoms with Gasteiger partial charge < -0.3 is 4.84 Å². The average molecular weight is 171 g/mol. The fourth-order valence-corrected chi connectivity index (χ4v) is 1.14. The molecular formula is C8H13NO3. The van der Waals surface area contributed by atoms with E-state index in [9.17, 15) is 9.59 Å². The Morgan fingerprint density at radius 2 is 1.75 bits per heavy atom. The highest BCUT2D eigenvalue weighted by Crippen LogP contribution is 2.08. The summed E-state index contributed by atoms with van der Waals surface area (Å²) in [6.45, 7) is 2.71. The van der Waals surface area contributed by atoms with Crippen LogP contribution in [0.2, 0.25) is 0 Å². The van der Waals surface area contributed by atoms with E-state index in [0.29, 0.717) is 0 Å². The van der Waals surface area contributed by atoms with Crippen LogP contribution < -0.4 is 0 Å². The third kappa shape index (κ3) is 2.62. The van der Waals surface area contributed by atoms with Gasteiger partial charge in [0.25, 0.3) is 0 Å². The fraction of sp³-hybridized carbons (Fsp3) is 0.750. The van der Waals surface area contributed by atoms with Crippen molar-refractivity contribution in [2.45, 2.75) is 26.2 Å². The van der Waals surface area contributed by atoms with E-state index < -0.39 is 11.8 Å². The van der Waals surface area contributed by atoms with Gasteiger partial charge in [-0.25, -0.2) is 4.79 Å². The first kappa shape index (κ1) is 9.19. The predicted molar refractivity (Wildman–Crippen MR) is 42.2 cm³/mol. The van der Waals surface area contributed by atoms with Gasteiger partial charge in [0.05, 0.1) is 0 Å². The van der Waals surface area contributed by atoms with E-state index in [1.54, 1.807) is 5.06 Å². The molecule has 1 fully saturated rings. The van der Waals surface area contributed by atoms with E-state index in [4.69, 9.17) is 4.84 Å². The molecule has 68 valence electrons. The van der Waals surface area contributed by atoms with Gasteiger partial charge in [-0.2, -0.15) is 0 Å². The van der Waals surface area contributed by atoms with E-state index in [1.807, 2.05) is 0 Å². The smallest absolute Gasteiger partial charge is 0.362 e. The Balaban J connectivity index is 2.29. The molecule has 0 radical (unpaired) electrons. The van der Waals surface area contributed by atoms with Crippen LogP contribution in [0.4, 0.5) is 0 Å². The summed E-state index contributed by atoms with van der Waals surface area (Å²) in [4.78, 5) is 26.1. The van der Waals surface area contributed by atoms with E-state index in [0.717, 1.165) is 25.9 Å². The minimum Gasteiger partial charge on any atom is -0.362 e. The van der Waals surface area contributed by atoms with Crippen molar-refractivity contribution < 1.29 is 14.4 Å². The third-order valence-electron chi connectivity index (χ3n) is 1.81. The minimum absolute atomic E-state index is 0.541. The summed E-state index contributed by atoms with van der Waals surface area (Å²) < 4.78 is 0. The van der Waals surface area contributed by atoms with Crippen LogP contribution in [-0.2, 0) is 14.4 Å². The maximum Gasteiger partial charge on any atom is 0.393 e. The largest absolute Gasteiger partial charge is 0.393 e. The van der Waals surface area contributed by atoms with Gasteiger partial charge in [-0.15, -0.1) is 5.06 Å². The summed E-state index contributed by atoms with van der Waals surface area (Å²) >= 11 is 0. The molecule has 4 nitrogen and oxygen atoms in total. The Labute approximate surface area is 71.4 Å². The first-order chi connectivity index (χ1) is 5.70. The summed E-state index contributed by atoms with van der Waals surface area (Å²) in [6, 6.07) is 0. The molecular weight excluding hydrogens is 158 g/mol. The zero-order valence-corrected chi connectivity index (χ0v) is 7.21. The molecule has 0 aromatic heterocycles. The van der Waals surface area contributed by atoms with Gasteiger partial charge in [0.1, 0.15) is 0 Å². The second-order valence-corrected chi connectivity index (χ2v) is 2.92. The van der Waals surface area contributed by atoms with Gasteiger partial charge in [-0.1, -0.05) is 6.42 Å². The zero-order valence-electron chi connectivity index (χ0n) is 7.21. The van der Waals surface area contributed by atoms with Crippen molar-refractivity contribution in [3.05, 3.63) is 0 Å². The maximum atomic E-state index is 10.8. The number of nitrogens with zero attached hydrogens (tertiary/aromatic N) is 1. The van der Waals surface area contributed by atoms with Crippen LogP contribution in [0.1, 0.15) is 26.2 Å². The van der Waals surface area contributed by atoms with Crippen molar-refractivity contribution in [3.63, 3.8) is 0 Å². The average Bonchev–Trinajstić information content (AvgIpc) is 2.06. The van der Waals surface area contributed by atoms with E-state index in [-0.39, 0.29) is 0 Å². The Morgan fingerprint density at radius 1 is 1.17 bits per heavy atom. The lowest BCUT2D eigenvalue weighted by Crippen LogP contribution is -2.34. The van der Waals surface area contributed by atoms with E-state index >= 15 is 0 Å². The normalized spacial score (nSPS) is 18.8. The lowest BCUT2D eigenvalue weighted by molar-refractivity contribution is -0.195. The molecule has 1 saturated heterocycles. The molecule has 4 heteroatoms. The Kier molecular flexibility index (Phi) is 3.22. The zero-order chi connectivity index (χ0) is 8.97. The van der Waals surface area contributed by atoms with Crippen molar-refractivity contribution in [2.24, 2.45) is 0 Å². The monoisotopic (exact) mass is 171 g/mol. The number of hydrogen-bond donors (Lipinski definition) is 0. The summed E-state index contributed by atoms with van der Waals surface area (Å²) in [5, 5.41) is 1.56. The molecule has 0 spiro atoms. The van der Waals surface area contributed by atoms with Crippen LogP contribution in [0, 0.1) is 0 Å². The number of carbonyl (C=O) groups is 2. The van der Waals surface area contributed by atoms with Crippen molar-refractivity contribution in [3.8, 4) is 0 Å². The first-order valence-corrected chi connectivity index (χ1v) is 4.18. The molecule has 0 aliphatic carbocycles. The Hall–Kier alpha value is -0.900. The molecule has 12 heavy (non-hydrogen) atoms. The standard InChI is InChI=1S/C8H13NO3/c1-7(10)8(11)12-9-5-3-2-4-6-9/h2-6H2,1H3. The fourth-order valence-electron chi connectivity index (χ4n) is 1.14. The first-order valence-electron chi connectivity index (χ1n) is 4.18. The maximum absolute atomic E-state index is 10.8. The Morgan fingerprint density at radius 3 is 2.25 bits per heavy atom. The van der Waals surface area contributed by atoms with Crippen LogP contribution in [0.5, 0.6) is 0 Å². The van der Waals surface area contributed by atoms with Crippen LogP contribution in [0.3, 0.4) is 0 Å². The molecule has 0 unspecified atom stereocenters. The molecule has 1 aliphatic heterocycles. The van der Waals surface area contributed by atoms with Crippen molar-refractivity contribution in [2.75, 3.05) is 13.1 Å². The van der Waals surface area contributed by atoms with Crippen LogP contribution in [0.15, 0.2) is 0 Å². The summed E-state index contributed by atoms with van der Waals surface area (Å²) in [5.41, 5.74) is 0. The molecule has 0 bridgehead atoms. The minimum atomic E-state index is -0.753. The summed E-state index contributed by atoms with van der Waals surface area (Å²) in [7, 11) is 0. The van der Waals surface area contributed by atoms with Gasteiger partial charge in [-0.05, 0) is 12.8 Å². The number of hydrogen-bond acceptors (Lipinski definition) is 4. The SMILES string of the molecule is CC(=O)C(=O)ON1CCCCC1. The number of piperidine rings is 1. The molecule has 0 atom stereocenters. The van der Waals surface area contributed by atoms with Crippen molar-refractivity contribution >= 4 is 11.8 Å². The number of carbonyl (C=O) groups excluding carboxylic acids is 2. The highest BCUT2D eigenvalue weighted by Gasteiger charge is 2.17. The second kappa shape index (κ2) is 4.21. The quantitative estimate of drug-likeness (QED) is 0.568. The number of Topliss-reactive ketones (excluding diaryl/α,β-unsaturated/α-hetero) is 1. The van der Waals surface area contributed by atoms with Crippen LogP contribution in [-0.4, -0.2) is 29.9 Å². The van der Waals surface area contributed by atoms with Gasteiger partial charge in [0.2, 0.25) is 5.78 Å². The predicted octanol–water partition coefficient (Wildman–Crippen LogP) is 0.519. The molecule has 1 rings (SSSR count). The molecule has 1 heterocycles.